The molecule has 0 aliphatic rings. The first kappa shape index (κ1) is 17.5. The van der Waals surface area contributed by atoms with Gasteiger partial charge in [-0.05, 0) is 31.9 Å². The molecule has 1 N–H and O–H groups in total. The summed E-state index contributed by atoms with van der Waals surface area (Å²) < 4.78 is 2.02. The zero-order valence-electron chi connectivity index (χ0n) is 14.0. The van der Waals surface area contributed by atoms with Crippen LogP contribution in [-0.4, -0.2) is 37.5 Å². The summed E-state index contributed by atoms with van der Waals surface area (Å²) in [6, 6.07) is 3.81. The van der Waals surface area contributed by atoms with Crippen molar-refractivity contribution in [1.82, 2.24) is 25.1 Å². The quantitative estimate of drug-likeness (QED) is 0.789. The number of hydrogen-bond donors (Lipinski definition) is 1. The molecular weight excluding hydrogens is 310 g/mol. The third kappa shape index (κ3) is 4.54. The van der Waals surface area contributed by atoms with E-state index >= 15 is 0 Å². The monoisotopic (exact) mass is 333 g/mol. The van der Waals surface area contributed by atoms with Crippen molar-refractivity contribution in [3.8, 4) is 11.4 Å². The zero-order valence-corrected chi connectivity index (χ0v) is 14.8. The normalized spacial score (nSPS) is 12.4. The van der Waals surface area contributed by atoms with Crippen molar-refractivity contribution in [3.05, 3.63) is 24.5 Å². The molecule has 23 heavy (non-hydrogen) atoms. The molecule has 0 saturated heterocycles. The Hall–Kier alpha value is -1.89. The van der Waals surface area contributed by atoms with Crippen LogP contribution in [0.4, 0.5) is 0 Å². The van der Waals surface area contributed by atoms with Gasteiger partial charge < -0.3 is 9.88 Å². The minimum absolute atomic E-state index is 0.0276. The van der Waals surface area contributed by atoms with Crippen molar-refractivity contribution in [1.29, 1.82) is 0 Å². The summed E-state index contributed by atoms with van der Waals surface area (Å²) in [5.74, 6) is 1.26. The molecule has 7 heteroatoms. The van der Waals surface area contributed by atoms with Crippen LogP contribution >= 0.6 is 11.8 Å². The molecule has 0 unspecified atom stereocenters. The predicted molar refractivity (Wildman–Crippen MR) is 92.1 cm³/mol. The van der Waals surface area contributed by atoms with Gasteiger partial charge in [0.25, 0.3) is 0 Å². The highest BCUT2D eigenvalue weighted by atomic mass is 32.2. The average Bonchev–Trinajstić information content (AvgIpc) is 2.95. The Kier molecular flexibility index (Phi) is 6.15. The Labute approximate surface area is 141 Å². The van der Waals surface area contributed by atoms with Crippen molar-refractivity contribution in [3.63, 3.8) is 0 Å². The van der Waals surface area contributed by atoms with Crippen LogP contribution in [0.25, 0.3) is 11.4 Å². The topological polar surface area (TPSA) is 72.7 Å². The number of nitrogens with one attached hydrogen (secondary N) is 1. The summed E-state index contributed by atoms with van der Waals surface area (Å²) in [6.07, 6.45) is 3.47. The molecule has 0 saturated carbocycles. The summed E-state index contributed by atoms with van der Waals surface area (Å²) in [6.45, 7) is 9.52. The van der Waals surface area contributed by atoms with Crippen molar-refractivity contribution in [2.45, 2.75) is 44.6 Å². The number of carbonyl (C=O) groups is 1. The van der Waals surface area contributed by atoms with Gasteiger partial charge in [0.1, 0.15) is 0 Å². The molecule has 1 amide bonds. The van der Waals surface area contributed by atoms with E-state index in [1.165, 1.54) is 11.8 Å². The van der Waals surface area contributed by atoms with Gasteiger partial charge >= 0.3 is 0 Å². The van der Waals surface area contributed by atoms with Crippen LogP contribution < -0.4 is 5.32 Å². The fraction of sp³-hybridized carbons (Fsp3) is 0.500. The number of hydrogen-bond acceptors (Lipinski definition) is 5. The van der Waals surface area contributed by atoms with Crippen LogP contribution in [0.5, 0.6) is 0 Å². The highest BCUT2D eigenvalue weighted by Crippen LogP contribution is 2.26. The molecule has 2 aromatic rings. The van der Waals surface area contributed by atoms with E-state index < -0.39 is 0 Å². The molecule has 0 bridgehead atoms. The van der Waals surface area contributed by atoms with Gasteiger partial charge in [-0.2, -0.15) is 0 Å². The molecule has 2 heterocycles. The van der Waals surface area contributed by atoms with E-state index in [1.807, 2.05) is 30.5 Å². The summed E-state index contributed by atoms with van der Waals surface area (Å²) in [5.41, 5.74) is 0.970. The lowest BCUT2D eigenvalue weighted by Gasteiger charge is -2.13. The molecule has 0 aliphatic carbocycles. The van der Waals surface area contributed by atoms with Crippen LogP contribution in [0.15, 0.2) is 29.7 Å². The van der Waals surface area contributed by atoms with Crippen LogP contribution in [0.2, 0.25) is 0 Å². The number of rotatable bonds is 7. The first-order valence-electron chi connectivity index (χ1n) is 7.80. The zero-order chi connectivity index (χ0) is 16.8. The maximum atomic E-state index is 12.1. The molecule has 0 radical (unpaired) electrons. The van der Waals surface area contributed by atoms with Crippen LogP contribution in [0, 0.1) is 5.92 Å². The predicted octanol–water partition coefficient (Wildman–Crippen LogP) is 2.61. The van der Waals surface area contributed by atoms with E-state index in [9.17, 15) is 4.79 Å². The number of nitrogens with zero attached hydrogens (tertiary/aromatic N) is 4. The minimum atomic E-state index is -0.214. The number of carbonyl (C=O) groups excluding carboxylic acids is 1. The standard InChI is InChI=1S/C16H23N5OS/c1-5-21-14(13-6-8-17-9-7-13)19-20-16(21)23-12(4)15(22)18-10-11(2)3/h6-9,11-12H,5,10H2,1-4H3,(H,18,22)/t12-/m1/s1. The molecule has 0 fully saturated rings. The van der Waals surface area contributed by atoms with E-state index in [2.05, 4.69) is 34.3 Å². The Balaban J connectivity index is 2.12. The van der Waals surface area contributed by atoms with E-state index in [0.29, 0.717) is 12.5 Å². The number of amides is 1. The average molecular weight is 333 g/mol. The minimum Gasteiger partial charge on any atom is -0.355 e. The lowest BCUT2D eigenvalue weighted by atomic mass is 10.2. The fourth-order valence-electron chi connectivity index (χ4n) is 2.04. The molecular formula is C16H23N5OS. The number of aromatic nitrogens is 4. The van der Waals surface area contributed by atoms with Crippen LogP contribution in [-0.2, 0) is 11.3 Å². The third-order valence-electron chi connectivity index (χ3n) is 3.31. The van der Waals surface area contributed by atoms with Gasteiger partial charge in [-0.3, -0.25) is 9.78 Å². The van der Waals surface area contributed by atoms with Gasteiger partial charge in [-0.25, -0.2) is 0 Å². The second-order valence-corrected chi connectivity index (χ2v) is 6.99. The lowest BCUT2D eigenvalue weighted by molar-refractivity contribution is -0.120. The summed E-state index contributed by atoms with van der Waals surface area (Å²) >= 11 is 1.43. The Bertz CT molecular complexity index is 641. The van der Waals surface area contributed by atoms with Crippen LogP contribution in [0.3, 0.4) is 0 Å². The van der Waals surface area contributed by atoms with Crippen molar-refractivity contribution < 1.29 is 4.79 Å². The molecule has 0 aromatic carbocycles. The lowest BCUT2D eigenvalue weighted by Crippen LogP contribution is -2.33. The van der Waals surface area contributed by atoms with Crippen LogP contribution in [0.1, 0.15) is 27.7 Å². The molecule has 0 spiro atoms. The molecule has 6 nitrogen and oxygen atoms in total. The van der Waals surface area contributed by atoms with Gasteiger partial charge in [0.15, 0.2) is 11.0 Å². The molecule has 1 atom stereocenters. The summed E-state index contributed by atoms with van der Waals surface area (Å²) in [5, 5.41) is 12.0. The van der Waals surface area contributed by atoms with Gasteiger partial charge in [0.05, 0.1) is 5.25 Å². The summed E-state index contributed by atoms with van der Waals surface area (Å²) in [7, 11) is 0. The Morgan fingerprint density at radius 1 is 1.26 bits per heavy atom. The third-order valence-corrected chi connectivity index (χ3v) is 4.39. The van der Waals surface area contributed by atoms with E-state index in [0.717, 1.165) is 23.1 Å². The second-order valence-electron chi connectivity index (χ2n) is 5.69. The number of thioether (sulfide) groups is 1. The Morgan fingerprint density at radius 3 is 2.57 bits per heavy atom. The molecule has 2 rings (SSSR count). The maximum Gasteiger partial charge on any atom is 0.233 e. The second kappa shape index (κ2) is 8.10. The van der Waals surface area contributed by atoms with Gasteiger partial charge in [-0.1, -0.05) is 25.6 Å². The van der Waals surface area contributed by atoms with E-state index in [4.69, 9.17) is 0 Å². The van der Waals surface area contributed by atoms with Gasteiger partial charge in [0.2, 0.25) is 5.91 Å². The number of pyridine rings is 1. The fourth-order valence-corrected chi connectivity index (χ4v) is 2.97. The first-order valence-corrected chi connectivity index (χ1v) is 8.68. The van der Waals surface area contributed by atoms with Crippen molar-refractivity contribution >= 4 is 17.7 Å². The molecule has 2 aromatic heterocycles. The van der Waals surface area contributed by atoms with Gasteiger partial charge in [0, 0.05) is 31.0 Å². The first-order chi connectivity index (χ1) is 11.0. The van der Waals surface area contributed by atoms with E-state index in [1.54, 1.807) is 12.4 Å². The van der Waals surface area contributed by atoms with E-state index in [-0.39, 0.29) is 11.2 Å². The Morgan fingerprint density at radius 2 is 1.96 bits per heavy atom. The summed E-state index contributed by atoms with van der Waals surface area (Å²) in [4.78, 5) is 16.2. The largest absolute Gasteiger partial charge is 0.355 e. The van der Waals surface area contributed by atoms with Gasteiger partial charge in [-0.15, -0.1) is 10.2 Å². The SMILES string of the molecule is CCn1c(S[C@H](C)C(=O)NCC(C)C)nnc1-c1ccncc1. The highest BCUT2D eigenvalue weighted by Gasteiger charge is 2.20. The van der Waals surface area contributed by atoms with Crippen molar-refractivity contribution in [2.75, 3.05) is 6.54 Å². The maximum absolute atomic E-state index is 12.1. The van der Waals surface area contributed by atoms with Crippen molar-refractivity contribution in [2.24, 2.45) is 5.92 Å². The molecule has 0 aliphatic heterocycles. The highest BCUT2D eigenvalue weighted by molar-refractivity contribution is 8.00. The molecule has 124 valence electrons. The smallest absolute Gasteiger partial charge is 0.233 e.